The molecule has 1 amide bonds. The maximum Gasteiger partial charge on any atom is 0.257 e. The van der Waals surface area contributed by atoms with Gasteiger partial charge in [-0.15, -0.1) is 0 Å². The summed E-state index contributed by atoms with van der Waals surface area (Å²) in [5.41, 5.74) is 0. The summed E-state index contributed by atoms with van der Waals surface area (Å²) in [4.78, 5) is 11.7. The molecular weight excluding hydrogens is 306 g/mol. The Morgan fingerprint density at radius 1 is 0.875 bits per heavy atom. The molecule has 0 spiro atoms. The predicted molar refractivity (Wildman–Crippen MR) is 92.7 cm³/mol. The summed E-state index contributed by atoms with van der Waals surface area (Å²) in [6.07, 6.45) is 0.740. The third-order valence-electron chi connectivity index (χ3n) is 3.16. The van der Waals surface area contributed by atoms with Crippen molar-refractivity contribution in [1.82, 2.24) is 5.32 Å². The Balaban J connectivity index is 1.56. The Morgan fingerprint density at radius 2 is 1.50 bits per heavy atom. The van der Waals surface area contributed by atoms with E-state index in [1.807, 2.05) is 49.4 Å². The van der Waals surface area contributed by atoms with E-state index >= 15 is 0 Å². The fraction of sp³-hybridized carbons (Fsp3) is 0.316. The number of carbonyl (C=O) groups excluding carboxylic acids is 1. The third kappa shape index (κ3) is 6.60. The van der Waals surface area contributed by atoms with Gasteiger partial charge < -0.3 is 19.5 Å². The van der Waals surface area contributed by atoms with Crippen LogP contribution in [0.1, 0.15) is 13.3 Å². The highest BCUT2D eigenvalue weighted by atomic mass is 16.5. The number of para-hydroxylation sites is 1. The summed E-state index contributed by atoms with van der Waals surface area (Å²) in [7, 11) is 0. The van der Waals surface area contributed by atoms with Crippen molar-refractivity contribution in [3.8, 4) is 17.2 Å². The van der Waals surface area contributed by atoms with Crippen molar-refractivity contribution in [2.24, 2.45) is 0 Å². The number of ether oxygens (including phenoxy) is 3. The topological polar surface area (TPSA) is 56.8 Å². The molecule has 1 N–H and O–H groups in total. The van der Waals surface area contributed by atoms with Crippen LogP contribution in [0.2, 0.25) is 0 Å². The van der Waals surface area contributed by atoms with Crippen LogP contribution in [-0.4, -0.2) is 32.3 Å². The zero-order valence-corrected chi connectivity index (χ0v) is 13.9. The van der Waals surface area contributed by atoms with Crippen molar-refractivity contribution in [2.75, 3.05) is 26.4 Å². The number of nitrogens with one attached hydrogen (secondary N) is 1. The Labute approximate surface area is 142 Å². The molecule has 0 aliphatic heterocycles. The van der Waals surface area contributed by atoms with E-state index in [1.165, 1.54) is 0 Å². The molecule has 0 aliphatic carbocycles. The molecule has 0 aliphatic rings. The summed E-state index contributed by atoms with van der Waals surface area (Å²) in [6, 6.07) is 16.8. The van der Waals surface area contributed by atoms with Gasteiger partial charge in [0.15, 0.2) is 6.61 Å². The van der Waals surface area contributed by atoms with E-state index in [9.17, 15) is 4.79 Å². The number of hydrogen-bond acceptors (Lipinski definition) is 4. The minimum absolute atomic E-state index is 0.00642. The summed E-state index contributed by atoms with van der Waals surface area (Å²) in [5.74, 6) is 2.11. The second kappa shape index (κ2) is 10.2. The quantitative estimate of drug-likeness (QED) is 0.681. The van der Waals surface area contributed by atoms with Gasteiger partial charge in [0.1, 0.15) is 17.2 Å². The van der Waals surface area contributed by atoms with E-state index < -0.39 is 0 Å². The molecule has 0 heterocycles. The van der Waals surface area contributed by atoms with Crippen molar-refractivity contribution >= 4 is 5.91 Å². The van der Waals surface area contributed by atoms with E-state index in [0.29, 0.717) is 25.5 Å². The van der Waals surface area contributed by atoms with Gasteiger partial charge in [0.25, 0.3) is 5.91 Å². The average molecular weight is 329 g/mol. The predicted octanol–water partition coefficient (Wildman–Crippen LogP) is 3.05. The highest BCUT2D eigenvalue weighted by molar-refractivity contribution is 5.77. The molecule has 5 nitrogen and oxygen atoms in total. The molecule has 0 unspecified atom stereocenters. The smallest absolute Gasteiger partial charge is 0.257 e. The van der Waals surface area contributed by atoms with Gasteiger partial charge in [-0.3, -0.25) is 4.79 Å². The molecule has 0 saturated carbocycles. The molecule has 5 heteroatoms. The van der Waals surface area contributed by atoms with Gasteiger partial charge >= 0.3 is 0 Å². The lowest BCUT2D eigenvalue weighted by atomic mass is 10.3. The van der Waals surface area contributed by atoms with Gasteiger partial charge in [-0.05, 0) is 49.7 Å². The Hall–Kier alpha value is -2.69. The highest BCUT2D eigenvalue weighted by Crippen LogP contribution is 2.17. The summed E-state index contributed by atoms with van der Waals surface area (Å²) >= 11 is 0. The van der Waals surface area contributed by atoms with Crippen molar-refractivity contribution in [3.05, 3.63) is 54.6 Å². The summed E-state index contributed by atoms with van der Waals surface area (Å²) in [5, 5.41) is 2.80. The standard InChI is InChI=1S/C19H23NO4/c1-2-22-17-9-11-18(12-10-17)24-15-19(21)20-13-6-14-23-16-7-4-3-5-8-16/h3-5,7-12H,2,6,13-15H2,1H3,(H,20,21). The zero-order chi connectivity index (χ0) is 17.0. The largest absolute Gasteiger partial charge is 0.494 e. The van der Waals surface area contributed by atoms with Crippen LogP contribution in [0.15, 0.2) is 54.6 Å². The molecule has 2 rings (SSSR count). The highest BCUT2D eigenvalue weighted by Gasteiger charge is 2.03. The molecule has 2 aromatic rings. The van der Waals surface area contributed by atoms with Crippen LogP contribution < -0.4 is 19.5 Å². The van der Waals surface area contributed by atoms with Crippen molar-refractivity contribution in [2.45, 2.75) is 13.3 Å². The van der Waals surface area contributed by atoms with Gasteiger partial charge in [0.05, 0.1) is 13.2 Å². The fourth-order valence-corrected chi connectivity index (χ4v) is 2.01. The molecule has 0 bridgehead atoms. The van der Waals surface area contributed by atoms with Crippen LogP contribution in [0.25, 0.3) is 0 Å². The van der Waals surface area contributed by atoms with Crippen molar-refractivity contribution < 1.29 is 19.0 Å². The molecule has 0 fully saturated rings. The van der Waals surface area contributed by atoms with E-state index in [-0.39, 0.29) is 12.5 Å². The van der Waals surface area contributed by atoms with Crippen molar-refractivity contribution in [1.29, 1.82) is 0 Å². The summed E-state index contributed by atoms with van der Waals surface area (Å²) in [6.45, 7) is 3.66. The van der Waals surface area contributed by atoms with Gasteiger partial charge in [-0.25, -0.2) is 0 Å². The maximum atomic E-state index is 11.7. The molecule has 2 aromatic carbocycles. The van der Waals surface area contributed by atoms with Crippen LogP contribution in [0.3, 0.4) is 0 Å². The number of amides is 1. The first kappa shape index (κ1) is 17.7. The first-order valence-corrected chi connectivity index (χ1v) is 8.08. The monoisotopic (exact) mass is 329 g/mol. The first-order valence-electron chi connectivity index (χ1n) is 8.08. The lowest BCUT2D eigenvalue weighted by Gasteiger charge is -2.09. The lowest BCUT2D eigenvalue weighted by molar-refractivity contribution is -0.123. The first-order chi connectivity index (χ1) is 11.8. The second-order valence-electron chi connectivity index (χ2n) is 5.06. The van der Waals surface area contributed by atoms with Gasteiger partial charge in [-0.2, -0.15) is 0 Å². The molecule has 128 valence electrons. The number of benzene rings is 2. The molecule has 0 atom stereocenters. The average Bonchev–Trinajstić information content (AvgIpc) is 2.62. The normalized spacial score (nSPS) is 10.0. The van der Waals surface area contributed by atoms with E-state index in [2.05, 4.69) is 5.32 Å². The number of rotatable bonds is 10. The fourth-order valence-electron chi connectivity index (χ4n) is 2.01. The molecule has 24 heavy (non-hydrogen) atoms. The second-order valence-corrected chi connectivity index (χ2v) is 5.06. The minimum Gasteiger partial charge on any atom is -0.494 e. The maximum absolute atomic E-state index is 11.7. The molecule has 0 aromatic heterocycles. The number of hydrogen-bond donors (Lipinski definition) is 1. The van der Waals surface area contributed by atoms with Crippen LogP contribution in [0.4, 0.5) is 0 Å². The Bertz CT molecular complexity index is 599. The van der Waals surface area contributed by atoms with E-state index in [1.54, 1.807) is 12.1 Å². The zero-order valence-electron chi connectivity index (χ0n) is 13.9. The van der Waals surface area contributed by atoms with Gasteiger partial charge in [0, 0.05) is 6.54 Å². The summed E-state index contributed by atoms with van der Waals surface area (Å²) < 4.78 is 16.3. The SMILES string of the molecule is CCOc1ccc(OCC(=O)NCCCOc2ccccc2)cc1. The molecular formula is C19H23NO4. The Morgan fingerprint density at radius 3 is 2.17 bits per heavy atom. The van der Waals surface area contributed by atoms with Crippen LogP contribution >= 0.6 is 0 Å². The lowest BCUT2D eigenvalue weighted by Crippen LogP contribution is -2.30. The Kier molecular flexibility index (Phi) is 7.47. The third-order valence-corrected chi connectivity index (χ3v) is 3.16. The van der Waals surface area contributed by atoms with E-state index in [0.717, 1.165) is 17.9 Å². The molecule has 0 saturated heterocycles. The van der Waals surface area contributed by atoms with Crippen LogP contribution in [0, 0.1) is 0 Å². The van der Waals surface area contributed by atoms with Crippen molar-refractivity contribution in [3.63, 3.8) is 0 Å². The number of carbonyl (C=O) groups is 1. The van der Waals surface area contributed by atoms with Gasteiger partial charge in [0.2, 0.25) is 0 Å². The van der Waals surface area contributed by atoms with Crippen LogP contribution in [-0.2, 0) is 4.79 Å². The van der Waals surface area contributed by atoms with E-state index in [4.69, 9.17) is 14.2 Å². The van der Waals surface area contributed by atoms with Gasteiger partial charge in [-0.1, -0.05) is 18.2 Å². The molecule has 0 radical (unpaired) electrons. The van der Waals surface area contributed by atoms with Crippen LogP contribution in [0.5, 0.6) is 17.2 Å². The minimum atomic E-state index is -0.149.